The Balaban J connectivity index is 1.97. The van der Waals surface area contributed by atoms with Gasteiger partial charge in [-0.25, -0.2) is 4.98 Å². The van der Waals surface area contributed by atoms with Crippen molar-refractivity contribution in [1.82, 2.24) is 10.3 Å². The molecule has 134 valence electrons. The first-order valence-electron chi connectivity index (χ1n) is 8.35. The predicted molar refractivity (Wildman–Crippen MR) is 95.6 cm³/mol. The van der Waals surface area contributed by atoms with Gasteiger partial charge in [0.2, 0.25) is 5.88 Å². The van der Waals surface area contributed by atoms with E-state index in [9.17, 15) is 4.79 Å². The van der Waals surface area contributed by atoms with Crippen molar-refractivity contribution in [2.24, 2.45) is 0 Å². The molecular formula is C19H24N2O4. The number of nitrogens with one attached hydrogen (secondary N) is 1. The molecule has 0 saturated heterocycles. The molecule has 1 N–H and O–H groups in total. The normalized spacial score (nSPS) is 10.2. The van der Waals surface area contributed by atoms with E-state index in [0.717, 1.165) is 17.1 Å². The predicted octanol–water partition coefficient (Wildman–Crippen LogP) is 2.86. The fourth-order valence-electron chi connectivity index (χ4n) is 2.39. The van der Waals surface area contributed by atoms with Crippen LogP contribution in [0, 0.1) is 0 Å². The van der Waals surface area contributed by atoms with Crippen LogP contribution in [-0.2, 0) is 6.42 Å². The monoisotopic (exact) mass is 344 g/mol. The maximum absolute atomic E-state index is 12.2. The van der Waals surface area contributed by atoms with Gasteiger partial charge in [-0.2, -0.15) is 0 Å². The molecule has 6 nitrogen and oxygen atoms in total. The number of carbonyl (C=O) groups excluding carboxylic acids is 1. The van der Waals surface area contributed by atoms with E-state index in [1.807, 2.05) is 32.0 Å². The van der Waals surface area contributed by atoms with E-state index in [1.165, 1.54) is 7.11 Å². The molecule has 0 aliphatic rings. The summed E-state index contributed by atoms with van der Waals surface area (Å²) in [7, 11) is 1.49. The van der Waals surface area contributed by atoms with Gasteiger partial charge < -0.3 is 19.5 Å². The third-order valence-electron chi connectivity index (χ3n) is 3.52. The number of pyridine rings is 1. The summed E-state index contributed by atoms with van der Waals surface area (Å²) in [6.45, 7) is 5.52. The van der Waals surface area contributed by atoms with E-state index in [2.05, 4.69) is 10.3 Å². The number of amides is 1. The molecule has 0 fully saturated rings. The van der Waals surface area contributed by atoms with Gasteiger partial charge in [-0.3, -0.25) is 4.79 Å². The molecule has 0 unspecified atom stereocenters. The maximum Gasteiger partial charge on any atom is 0.256 e. The van der Waals surface area contributed by atoms with Crippen LogP contribution >= 0.6 is 0 Å². The Kier molecular flexibility index (Phi) is 7.07. The van der Waals surface area contributed by atoms with Crippen molar-refractivity contribution in [3.05, 3.63) is 47.7 Å². The Hall–Kier alpha value is -2.76. The third kappa shape index (κ3) is 5.11. The van der Waals surface area contributed by atoms with E-state index in [0.29, 0.717) is 37.6 Å². The minimum atomic E-state index is -0.207. The first kappa shape index (κ1) is 18.6. The molecule has 0 spiro atoms. The van der Waals surface area contributed by atoms with Crippen molar-refractivity contribution in [2.75, 3.05) is 26.9 Å². The summed E-state index contributed by atoms with van der Waals surface area (Å²) >= 11 is 0. The van der Waals surface area contributed by atoms with E-state index in [4.69, 9.17) is 14.2 Å². The summed E-state index contributed by atoms with van der Waals surface area (Å²) in [6, 6.07) is 9.22. The Morgan fingerprint density at radius 1 is 1.12 bits per heavy atom. The number of nitrogens with zero attached hydrogens (tertiary/aromatic N) is 1. The van der Waals surface area contributed by atoms with Crippen molar-refractivity contribution >= 4 is 5.91 Å². The maximum atomic E-state index is 12.2. The van der Waals surface area contributed by atoms with Crippen molar-refractivity contribution < 1.29 is 19.0 Å². The number of benzene rings is 1. The van der Waals surface area contributed by atoms with Gasteiger partial charge in [0.1, 0.15) is 5.56 Å². The highest BCUT2D eigenvalue weighted by Gasteiger charge is 2.12. The Morgan fingerprint density at radius 2 is 1.88 bits per heavy atom. The highest BCUT2D eigenvalue weighted by atomic mass is 16.5. The van der Waals surface area contributed by atoms with Gasteiger partial charge in [0.05, 0.1) is 20.3 Å². The van der Waals surface area contributed by atoms with Crippen LogP contribution in [0.1, 0.15) is 29.8 Å². The molecule has 0 bridgehead atoms. The van der Waals surface area contributed by atoms with Crippen molar-refractivity contribution in [1.29, 1.82) is 0 Å². The minimum absolute atomic E-state index is 0.207. The van der Waals surface area contributed by atoms with Crippen molar-refractivity contribution in [2.45, 2.75) is 20.3 Å². The molecule has 0 saturated carbocycles. The molecule has 0 aliphatic carbocycles. The summed E-state index contributed by atoms with van der Waals surface area (Å²) in [5, 5.41) is 2.88. The number of carbonyl (C=O) groups is 1. The molecule has 0 atom stereocenters. The molecule has 0 radical (unpaired) electrons. The fraction of sp³-hybridized carbons (Fsp3) is 0.368. The van der Waals surface area contributed by atoms with Crippen molar-refractivity contribution in [3.8, 4) is 17.4 Å². The standard InChI is InChI=1S/C19H24N2O4/c1-4-24-16-9-8-14(13-17(16)25-5-2)10-12-20-18(22)15-7-6-11-21-19(15)23-3/h6-9,11,13H,4-5,10,12H2,1-3H3,(H,20,22). The highest BCUT2D eigenvalue weighted by molar-refractivity contribution is 5.96. The zero-order valence-electron chi connectivity index (χ0n) is 14.9. The van der Waals surface area contributed by atoms with Crippen LogP contribution in [0.15, 0.2) is 36.5 Å². The van der Waals surface area contributed by atoms with E-state index in [-0.39, 0.29) is 5.91 Å². The molecule has 2 rings (SSSR count). The Labute approximate surface area is 148 Å². The summed E-state index contributed by atoms with van der Waals surface area (Å²) in [4.78, 5) is 16.3. The summed E-state index contributed by atoms with van der Waals surface area (Å²) < 4.78 is 16.3. The van der Waals surface area contributed by atoms with Crippen LogP contribution in [0.2, 0.25) is 0 Å². The van der Waals surface area contributed by atoms with E-state index >= 15 is 0 Å². The Bertz CT molecular complexity index is 704. The number of hydrogen-bond donors (Lipinski definition) is 1. The van der Waals surface area contributed by atoms with Gasteiger partial charge in [-0.1, -0.05) is 6.07 Å². The second kappa shape index (κ2) is 9.52. The average molecular weight is 344 g/mol. The first-order chi connectivity index (χ1) is 12.2. The van der Waals surface area contributed by atoms with Gasteiger partial charge >= 0.3 is 0 Å². The molecule has 1 aromatic carbocycles. The van der Waals surface area contributed by atoms with Gasteiger partial charge in [0, 0.05) is 12.7 Å². The average Bonchev–Trinajstić information content (AvgIpc) is 2.64. The number of rotatable bonds is 9. The summed E-state index contributed by atoms with van der Waals surface area (Å²) in [6.07, 6.45) is 2.27. The number of methoxy groups -OCH3 is 1. The van der Waals surface area contributed by atoms with E-state index in [1.54, 1.807) is 18.3 Å². The molecule has 1 amide bonds. The molecule has 1 aromatic heterocycles. The SMILES string of the molecule is CCOc1ccc(CCNC(=O)c2cccnc2OC)cc1OCC. The molecule has 0 aliphatic heterocycles. The molecular weight excluding hydrogens is 320 g/mol. The largest absolute Gasteiger partial charge is 0.490 e. The third-order valence-corrected chi connectivity index (χ3v) is 3.52. The molecule has 1 heterocycles. The first-order valence-corrected chi connectivity index (χ1v) is 8.35. The Morgan fingerprint density at radius 3 is 2.60 bits per heavy atom. The second-order valence-corrected chi connectivity index (χ2v) is 5.21. The number of aromatic nitrogens is 1. The van der Waals surface area contributed by atoms with E-state index < -0.39 is 0 Å². The second-order valence-electron chi connectivity index (χ2n) is 5.21. The topological polar surface area (TPSA) is 69.7 Å². The lowest BCUT2D eigenvalue weighted by Crippen LogP contribution is -2.26. The van der Waals surface area contributed by atoms with Crippen molar-refractivity contribution in [3.63, 3.8) is 0 Å². The van der Waals surface area contributed by atoms with Crippen LogP contribution in [0.25, 0.3) is 0 Å². The summed E-state index contributed by atoms with van der Waals surface area (Å²) in [5.74, 6) is 1.57. The number of hydrogen-bond acceptors (Lipinski definition) is 5. The molecule has 25 heavy (non-hydrogen) atoms. The lowest BCUT2D eigenvalue weighted by Gasteiger charge is -2.13. The van der Waals surface area contributed by atoms with Gasteiger partial charge in [-0.05, 0) is 50.1 Å². The quantitative estimate of drug-likeness (QED) is 0.757. The zero-order chi connectivity index (χ0) is 18.1. The smallest absolute Gasteiger partial charge is 0.256 e. The fourth-order valence-corrected chi connectivity index (χ4v) is 2.39. The van der Waals surface area contributed by atoms with Gasteiger partial charge in [-0.15, -0.1) is 0 Å². The van der Waals surface area contributed by atoms with Crippen LogP contribution in [0.4, 0.5) is 0 Å². The number of ether oxygens (including phenoxy) is 3. The minimum Gasteiger partial charge on any atom is -0.490 e. The van der Waals surface area contributed by atoms with Crippen LogP contribution in [0.5, 0.6) is 17.4 Å². The van der Waals surface area contributed by atoms with Crippen LogP contribution < -0.4 is 19.5 Å². The molecule has 2 aromatic rings. The zero-order valence-corrected chi connectivity index (χ0v) is 14.9. The lowest BCUT2D eigenvalue weighted by atomic mass is 10.1. The van der Waals surface area contributed by atoms with Crippen LogP contribution in [-0.4, -0.2) is 37.8 Å². The highest BCUT2D eigenvalue weighted by Crippen LogP contribution is 2.28. The van der Waals surface area contributed by atoms with Gasteiger partial charge in [0.15, 0.2) is 11.5 Å². The van der Waals surface area contributed by atoms with Crippen LogP contribution in [0.3, 0.4) is 0 Å². The van der Waals surface area contributed by atoms with Gasteiger partial charge in [0.25, 0.3) is 5.91 Å². The molecule has 6 heteroatoms. The summed E-state index contributed by atoms with van der Waals surface area (Å²) in [5.41, 5.74) is 1.48. The lowest BCUT2D eigenvalue weighted by molar-refractivity contribution is 0.0950.